The summed E-state index contributed by atoms with van der Waals surface area (Å²) >= 11 is 0. The molecule has 0 aliphatic rings. The van der Waals surface area contributed by atoms with Crippen molar-refractivity contribution in [2.24, 2.45) is 0 Å². The van der Waals surface area contributed by atoms with Crippen molar-refractivity contribution in [2.75, 3.05) is 14.2 Å². The summed E-state index contributed by atoms with van der Waals surface area (Å²) in [4.78, 5) is 16.0. The number of rotatable bonds is 4. The monoisotopic (exact) mass is 188 g/mol. The van der Waals surface area contributed by atoms with Gasteiger partial charge in [0.25, 0.3) is 5.91 Å². The molecule has 1 amide bonds. The topological polar surface area (TPSA) is 41.6 Å². The summed E-state index contributed by atoms with van der Waals surface area (Å²) in [6, 6.07) is -0.398. The summed E-state index contributed by atoms with van der Waals surface area (Å²) in [5.41, 5.74) is 0. The number of hydrogen-bond donors (Lipinski definition) is 1. The molecule has 0 heterocycles. The van der Waals surface area contributed by atoms with Gasteiger partial charge in [0.1, 0.15) is 6.04 Å². The number of nitrogens with zero attached hydrogens (tertiary/aromatic N) is 1. The summed E-state index contributed by atoms with van der Waals surface area (Å²) < 4.78 is 0. The van der Waals surface area contributed by atoms with Crippen LogP contribution in [0.5, 0.6) is 0 Å². The van der Waals surface area contributed by atoms with Crippen LogP contribution in [-0.2, 0) is 9.63 Å². The van der Waals surface area contributed by atoms with Gasteiger partial charge in [-0.2, -0.15) is 0 Å². The van der Waals surface area contributed by atoms with Crippen molar-refractivity contribution >= 4 is 15.3 Å². The summed E-state index contributed by atoms with van der Waals surface area (Å²) in [7, 11) is 5.21. The largest absolute Gasteiger partial charge is 0.288 e. The van der Waals surface area contributed by atoms with E-state index in [4.69, 9.17) is 11.3 Å². The number of terminal acetylenes is 1. The van der Waals surface area contributed by atoms with Gasteiger partial charge in [-0.3, -0.25) is 14.7 Å². The second-order valence-electron chi connectivity index (χ2n) is 2.15. The number of amides is 1. The van der Waals surface area contributed by atoms with Crippen LogP contribution in [-0.4, -0.2) is 31.2 Å². The van der Waals surface area contributed by atoms with Crippen LogP contribution in [0.2, 0.25) is 0 Å². The minimum Gasteiger partial charge on any atom is -0.288 e. The third-order valence-corrected chi connectivity index (χ3v) is 1.81. The molecular weight excluding hydrogens is 175 g/mol. The van der Waals surface area contributed by atoms with Crippen molar-refractivity contribution in [3.63, 3.8) is 0 Å². The first-order valence-corrected chi connectivity index (χ1v) is 3.96. The average molecular weight is 188 g/mol. The van der Waals surface area contributed by atoms with Crippen LogP contribution < -0.4 is 5.09 Å². The predicted molar refractivity (Wildman–Crippen MR) is 49.9 cm³/mol. The highest BCUT2D eigenvalue weighted by atomic mass is 31.0. The van der Waals surface area contributed by atoms with E-state index in [9.17, 15) is 4.79 Å². The zero-order chi connectivity index (χ0) is 9.56. The smallest absolute Gasteiger partial charge is 0.264 e. The van der Waals surface area contributed by atoms with Crippen LogP contribution in [0, 0.1) is 12.3 Å². The van der Waals surface area contributed by atoms with E-state index < -0.39 is 6.04 Å². The van der Waals surface area contributed by atoms with E-state index in [0.29, 0.717) is 6.42 Å². The highest BCUT2D eigenvalue weighted by molar-refractivity contribution is 7.13. The molecule has 0 radical (unpaired) electrons. The van der Waals surface area contributed by atoms with Gasteiger partial charge in [0.15, 0.2) is 0 Å². The van der Waals surface area contributed by atoms with Gasteiger partial charge in [-0.15, -0.1) is 12.3 Å². The minimum absolute atomic E-state index is 0.189. The Balaban J connectivity index is 4.13. The highest BCUT2D eigenvalue weighted by Crippen LogP contribution is 1.98. The molecule has 0 rings (SSSR count). The molecule has 68 valence electrons. The molecule has 0 bridgehead atoms. The van der Waals surface area contributed by atoms with Gasteiger partial charge in [0, 0.05) is 13.5 Å². The fourth-order valence-electron chi connectivity index (χ4n) is 0.645. The first-order valence-electron chi connectivity index (χ1n) is 3.38. The van der Waals surface area contributed by atoms with Crippen molar-refractivity contribution in [3.05, 3.63) is 0 Å². The quantitative estimate of drug-likeness (QED) is 0.376. The van der Waals surface area contributed by atoms with E-state index in [-0.39, 0.29) is 5.91 Å². The molecular formula is C7H13N2O2P. The minimum atomic E-state index is -0.398. The molecule has 5 heteroatoms. The Hall–Kier alpha value is -0.620. The molecule has 0 spiro atoms. The summed E-state index contributed by atoms with van der Waals surface area (Å²) in [6.07, 6.45) is 5.42. The molecule has 0 aromatic heterocycles. The van der Waals surface area contributed by atoms with Crippen LogP contribution >= 0.6 is 9.39 Å². The van der Waals surface area contributed by atoms with Gasteiger partial charge >= 0.3 is 0 Å². The molecule has 2 unspecified atom stereocenters. The zero-order valence-corrected chi connectivity index (χ0v) is 8.36. The normalized spacial score (nSPS) is 11.8. The maximum Gasteiger partial charge on any atom is 0.264 e. The van der Waals surface area contributed by atoms with Crippen molar-refractivity contribution in [3.8, 4) is 12.3 Å². The van der Waals surface area contributed by atoms with Crippen LogP contribution in [0.1, 0.15) is 6.42 Å². The lowest BCUT2D eigenvalue weighted by Gasteiger charge is -2.19. The summed E-state index contributed by atoms with van der Waals surface area (Å²) in [5, 5.41) is 3.86. The van der Waals surface area contributed by atoms with E-state index in [0.717, 1.165) is 5.06 Å². The molecule has 0 fully saturated rings. The van der Waals surface area contributed by atoms with Gasteiger partial charge < -0.3 is 0 Å². The Morgan fingerprint density at radius 1 is 1.92 bits per heavy atom. The predicted octanol–water partition coefficient (Wildman–Crippen LogP) is -0.222. The van der Waals surface area contributed by atoms with Gasteiger partial charge in [-0.25, -0.2) is 5.06 Å². The zero-order valence-electron chi connectivity index (χ0n) is 7.20. The molecule has 4 nitrogen and oxygen atoms in total. The Bertz CT molecular complexity index is 190. The molecule has 0 aliphatic heterocycles. The number of likely N-dealkylation sites (N-methyl/N-ethyl adjacent to an activating group) is 1. The third-order valence-electron chi connectivity index (χ3n) is 1.41. The molecule has 0 saturated carbocycles. The van der Waals surface area contributed by atoms with Crippen LogP contribution in [0.15, 0.2) is 0 Å². The van der Waals surface area contributed by atoms with Gasteiger partial charge in [0.05, 0.1) is 7.11 Å². The van der Waals surface area contributed by atoms with Crippen LogP contribution in [0.3, 0.4) is 0 Å². The van der Waals surface area contributed by atoms with Gasteiger partial charge in [-0.1, -0.05) is 9.39 Å². The van der Waals surface area contributed by atoms with E-state index in [1.165, 1.54) is 14.2 Å². The fraction of sp³-hybridized carbons (Fsp3) is 0.571. The van der Waals surface area contributed by atoms with Crippen molar-refractivity contribution in [1.82, 2.24) is 10.2 Å². The van der Waals surface area contributed by atoms with Crippen molar-refractivity contribution < 1.29 is 9.63 Å². The molecule has 1 N–H and O–H groups in total. The van der Waals surface area contributed by atoms with E-state index >= 15 is 0 Å². The number of carbonyl (C=O) groups is 1. The first-order chi connectivity index (χ1) is 5.67. The second-order valence-corrected chi connectivity index (χ2v) is 2.48. The number of carbonyl (C=O) groups excluding carboxylic acids is 1. The van der Waals surface area contributed by atoms with Gasteiger partial charge in [-0.05, 0) is 0 Å². The number of nitrogens with one attached hydrogen (secondary N) is 1. The van der Waals surface area contributed by atoms with Crippen molar-refractivity contribution in [1.29, 1.82) is 0 Å². The molecule has 0 saturated heterocycles. The van der Waals surface area contributed by atoms with Crippen LogP contribution in [0.4, 0.5) is 0 Å². The lowest BCUT2D eigenvalue weighted by Crippen LogP contribution is -2.40. The lowest BCUT2D eigenvalue weighted by atomic mass is 10.2. The first kappa shape index (κ1) is 11.4. The highest BCUT2D eigenvalue weighted by Gasteiger charge is 2.18. The molecule has 12 heavy (non-hydrogen) atoms. The lowest BCUT2D eigenvalue weighted by molar-refractivity contribution is -0.170. The summed E-state index contributed by atoms with van der Waals surface area (Å²) in [6.45, 7) is 0. The molecule has 0 aromatic carbocycles. The Morgan fingerprint density at radius 2 is 2.50 bits per heavy atom. The average Bonchev–Trinajstić information content (AvgIpc) is 2.11. The Morgan fingerprint density at radius 3 is 2.83 bits per heavy atom. The van der Waals surface area contributed by atoms with E-state index in [1.54, 1.807) is 0 Å². The second kappa shape index (κ2) is 5.96. The summed E-state index contributed by atoms with van der Waals surface area (Å²) in [5.74, 6) is 2.21. The molecule has 2 atom stereocenters. The number of hydroxylamine groups is 2. The Kier molecular flexibility index (Phi) is 5.65. The maximum absolute atomic E-state index is 11.3. The van der Waals surface area contributed by atoms with Crippen molar-refractivity contribution in [2.45, 2.75) is 12.5 Å². The SMILES string of the molecule is C#CCC(NP)C(=O)N(C)OC. The maximum atomic E-state index is 11.3. The number of hydrogen-bond acceptors (Lipinski definition) is 3. The van der Waals surface area contributed by atoms with Gasteiger partial charge in [0.2, 0.25) is 0 Å². The van der Waals surface area contributed by atoms with E-state index in [2.05, 4.69) is 20.4 Å². The standard InChI is InChI=1S/C7H13N2O2P/c1-4-5-6(8-12)7(10)9(2)11-3/h1,6,8H,5,12H2,2-3H3. The Labute approximate surface area is 74.9 Å². The third kappa shape index (κ3) is 3.19. The van der Waals surface area contributed by atoms with Crippen LogP contribution in [0.25, 0.3) is 0 Å². The fourth-order valence-corrected chi connectivity index (χ4v) is 0.905. The molecule has 0 aliphatic carbocycles. The molecule has 0 aromatic rings. The van der Waals surface area contributed by atoms with E-state index in [1.807, 2.05) is 0 Å².